The highest BCUT2D eigenvalue weighted by Gasteiger charge is 2.47. The summed E-state index contributed by atoms with van der Waals surface area (Å²) in [6.07, 6.45) is 8.95. The van der Waals surface area contributed by atoms with Crippen LogP contribution in [0.2, 0.25) is 0 Å². The molecule has 4 unspecified atom stereocenters. The number of hydrogen-bond acceptors (Lipinski definition) is 1. The van der Waals surface area contributed by atoms with Crippen molar-refractivity contribution in [2.45, 2.75) is 51.7 Å². The third-order valence-electron chi connectivity index (χ3n) is 3.24. The SMILES string of the molecule is CC[CH]CC1CC(C)C2OC2C1. The fraction of sp³-hybridized carbons (Fsp3) is 0.909. The van der Waals surface area contributed by atoms with Gasteiger partial charge in [-0.15, -0.1) is 0 Å². The molecule has 2 rings (SSSR count). The Labute approximate surface area is 75.5 Å². The molecule has 1 heteroatoms. The zero-order valence-corrected chi connectivity index (χ0v) is 8.12. The van der Waals surface area contributed by atoms with Gasteiger partial charge >= 0.3 is 0 Å². The minimum atomic E-state index is 0.642. The number of rotatable bonds is 3. The lowest BCUT2D eigenvalue weighted by Crippen LogP contribution is -2.20. The van der Waals surface area contributed by atoms with Gasteiger partial charge in [0.1, 0.15) is 0 Å². The van der Waals surface area contributed by atoms with Gasteiger partial charge in [-0.2, -0.15) is 0 Å². The first kappa shape index (κ1) is 8.55. The van der Waals surface area contributed by atoms with E-state index in [-0.39, 0.29) is 0 Å². The summed E-state index contributed by atoms with van der Waals surface area (Å²) in [4.78, 5) is 0. The fourth-order valence-corrected chi connectivity index (χ4v) is 2.53. The Balaban J connectivity index is 1.76. The maximum atomic E-state index is 5.59. The number of epoxide rings is 1. The lowest BCUT2D eigenvalue weighted by atomic mass is 9.80. The van der Waals surface area contributed by atoms with Crippen LogP contribution in [-0.4, -0.2) is 12.2 Å². The van der Waals surface area contributed by atoms with Crippen molar-refractivity contribution in [1.29, 1.82) is 0 Å². The molecule has 0 N–H and O–H groups in total. The first-order chi connectivity index (χ1) is 5.81. The Kier molecular flexibility index (Phi) is 2.40. The number of fused-ring (bicyclic) bond motifs is 1. The van der Waals surface area contributed by atoms with Crippen LogP contribution >= 0.6 is 0 Å². The van der Waals surface area contributed by atoms with Gasteiger partial charge < -0.3 is 4.74 Å². The third kappa shape index (κ3) is 1.66. The highest BCUT2D eigenvalue weighted by Crippen LogP contribution is 2.44. The summed E-state index contributed by atoms with van der Waals surface area (Å²) in [5.74, 6) is 1.74. The highest BCUT2D eigenvalue weighted by molar-refractivity contribution is 4.96. The normalized spacial score (nSPS) is 45.5. The molecule has 69 valence electrons. The minimum absolute atomic E-state index is 0.642. The van der Waals surface area contributed by atoms with E-state index in [2.05, 4.69) is 20.3 Å². The quantitative estimate of drug-likeness (QED) is 0.589. The largest absolute Gasteiger partial charge is 0.369 e. The Morgan fingerprint density at radius 2 is 2.25 bits per heavy atom. The van der Waals surface area contributed by atoms with E-state index >= 15 is 0 Å². The molecular formula is C11H19O. The molecule has 1 aliphatic carbocycles. The smallest absolute Gasteiger partial charge is 0.0867 e. The predicted octanol–water partition coefficient (Wildman–Crippen LogP) is 2.80. The maximum Gasteiger partial charge on any atom is 0.0867 e. The van der Waals surface area contributed by atoms with Gasteiger partial charge in [0.2, 0.25) is 0 Å². The second-order valence-corrected chi connectivity index (χ2v) is 4.39. The molecular weight excluding hydrogens is 148 g/mol. The zero-order chi connectivity index (χ0) is 8.55. The van der Waals surface area contributed by atoms with Crippen molar-refractivity contribution in [2.24, 2.45) is 11.8 Å². The van der Waals surface area contributed by atoms with E-state index in [0.29, 0.717) is 12.2 Å². The van der Waals surface area contributed by atoms with Crippen molar-refractivity contribution >= 4 is 0 Å². The van der Waals surface area contributed by atoms with Gasteiger partial charge in [0.25, 0.3) is 0 Å². The summed E-state index contributed by atoms with van der Waals surface area (Å²) >= 11 is 0. The second kappa shape index (κ2) is 3.37. The highest BCUT2D eigenvalue weighted by atomic mass is 16.6. The van der Waals surface area contributed by atoms with Gasteiger partial charge in [0, 0.05) is 0 Å². The van der Waals surface area contributed by atoms with Crippen molar-refractivity contribution in [1.82, 2.24) is 0 Å². The zero-order valence-electron chi connectivity index (χ0n) is 8.12. The first-order valence-electron chi connectivity index (χ1n) is 5.28. The van der Waals surface area contributed by atoms with Crippen LogP contribution in [0.25, 0.3) is 0 Å². The lowest BCUT2D eigenvalue weighted by Gasteiger charge is -2.23. The molecule has 0 aromatic carbocycles. The molecule has 1 aliphatic heterocycles. The summed E-state index contributed by atoms with van der Waals surface area (Å²) in [5, 5.41) is 0. The molecule has 0 bridgehead atoms. The molecule has 2 aliphatic rings. The monoisotopic (exact) mass is 167 g/mol. The van der Waals surface area contributed by atoms with Crippen LogP contribution in [0.1, 0.15) is 39.5 Å². The Morgan fingerprint density at radius 3 is 2.92 bits per heavy atom. The molecule has 0 amide bonds. The first-order valence-corrected chi connectivity index (χ1v) is 5.28. The Morgan fingerprint density at radius 1 is 1.42 bits per heavy atom. The van der Waals surface area contributed by atoms with Gasteiger partial charge in [0.05, 0.1) is 12.2 Å². The van der Waals surface area contributed by atoms with Gasteiger partial charge in [-0.05, 0) is 37.5 Å². The van der Waals surface area contributed by atoms with Crippen LogP contribution in [0.5, 0.6) is 0 Å². The van der Waals surface area contributed by atoms with E-state index in [1.165, 1.54) is 25.7 Å². The summed E-state index contributed by atoms with van der Waals surface area (Å²) in [6, 6.07) is 0. The van der Waals surface area contributed by atoms with Crippen LogP contribution in [0.3, 0.4) is 0 Å². The van der Waals surface area contributed by atoms with Gasteiger partial charge in [0.15, 0.2) is 0 Å². The minimum Gasteiger partial charge on any atom is -0.369 e. The van der Waals surface area contributed by atoms with E-state index in [1.807, 2.05) is 0 Å². The van der Waals surface area contributed by atoms with E-state index in [1.54, 1.807) is 0 Å². The third-order valence-corrected chi connectivity index (χ3v) is 3.24. The van der Waals surface area contributed by atoms with Crippen molar-refractivity contribution in [3.63, 3.8) is 0 Å². The summed E-state index contributed by atoms with van der Waals surface area (Å²) < 4.78 is 5.59. The van der Waals surface area contributed by atoms with Gasteiger partial charge in [-0.25, -0.2) is 0 Å². The second-order valence-electron chi connectivity index (χ2n) is 4.39. The standard InChI is InChI=1S/C11H19O/c1-3-4-5-9-6-8(2)11-10(7-9)12-11/h4,8-11H,3,5-7H2,1-2H3. The topological polar surface area (TPSA) is 12.5 Å². The lowest BCUT2D eigenvalue weighted by molar-refractivity contribution is 0.309. The van der Waals surface area contributed by atoms with Gasteiger partial charge in [-0.3, -0.25) is 0 Å². The molecule has 0 spiro atoms. The van der Waals surface area contributed by atoms with E-state index in [9.17, 15) is 0 Å². The number of ether oxygens (including phenoxy) is 1. The van der Waals surface area contributed by atoms with Crippen molar-refractivity contribution in [2.75, 3.05) is 0 Å². The molecule has 0 aromatic heterocycles. The molecule has 1 saturated heterocycles. The summed E-state index contributed by atoms with van der Waals surface area (Å²) in [6.45, 7) is 4.56. The molecule has 12 heavy (non-hydrogen) atoms. The molecule has 1 saturated carbocycles. The summed E-state index contributed by atoms with van der Waals surface area (Å²) in [5.41, 5.74) is 0. The van der Waals surface area contributed by atoms with Crippen molar-refractivity contribution in [3.05, 3.63) is 6.42 Å². The maximum absolute atomic E-state index is 5.59. The van der Waals surface area contributed by atoms with Crippen LogP contribution in [0.4, 0.5) is 0 Å². The number of unbranched alkanes of at least 4 members (excludes halogenated alkanes) is 1. The Hall–Kier alpha value is -0.0400. The molecule has 2 fully saturated rings. The molecule has 1 nitrogen and oxygen atoms in total. The Bertz CT molecular complexity index is 155. The van der Waals surface area contributed by atoms with E-state index < -0.39 is 0 Å². The molecule has 4 atom stereocenters. The average Bonchev–Trinajstić information content (AvgIpc) is 2.80. The molecule has 1 radical (unpaired) electrons. The fourth-order valence-electron chi connectivity index (χ4n) is 2.53. The van der Waals surface area contributed by atoms with Crippen LogP contribution in [-0.2, 0) is 4.74 Å². The van der Waals surface area contributed by atoms with Crippen molar-refractivity contribution < 1.29 is 4.74 Å². The van der Waals surface area contributed by atoms with Gasteiger partial charge in [-0.1, -0.05) is 20.3 Å². The summed E-state index contributed by atoms with van der Waals surface area (Å²) in [7, 11) is 0. The van der Waals surface area contributed by atoms with E-state index in [0.717, 1.165) is 11.8 Å². The average molecular weight is 167 g/mol. The molecule has 1 heterocycles. The number of hydrogen-bond donors (Lipinski definition) is 0. The predicted molar refractivity (Wildman–Crippen MR) is 49.8 cm³/mol. The van der Waals surface area contributed by atoms with E-state index in [4.69, 9.17) is 4.74 Å². The molecule has 0 aromatic rings. The van der Waals surface area contributed by atoms with Crippen LogP contribution < -0.4 is 0 Å². The van der Waals surface area contributed by atoms with Crippen molar-refractivity contribution in [3.8, 4) is 0 Å². The van der Waals surface area contributed by atoms with Crippen LogP contribution in [0.15, 0.2) is 0 Å². The van der Waals surface area contributed by atoms with Crippen LogP contribution in [0, 0.1) is 18.3 Å².